The number of aromatic nitrogens is 1. The first kappa shape index (κ1) is 21.5. The topological polar surface area (TPSA) is 17.0 Å². The van der Waals surface area contributed by atoms with E-state index in [0.717, 1.165) is 11.2 Å². The first-order valence-corrected chi connectivity index (χ1v) is 16.9. The summed E-state index contributed by atoms with van der Waals surface area (Å²) in [7, 11) is 2.11. The first-order valence-electron chi connectivity index (χ1n) is 12.2. The third kappa shape index (κ3) is 2.95. The third-order valence-corrected chi connectivity index (χ3v) is 14.4. The van der Waals surface area contributed by atoms with Crippen LogP contribution in [0.3, 0.4) is 0 Å². The van der Waals surface area contributed by atoms with Gasteiger partial charge in [-0.2, -0.15) is 0 Å². The van der Waals surface area contributed by atoms with Gasteiger partial charge in [-0.25, -0.2) is 0 Å². The Bertz CT molecular complexity index is 1890. The van der Waals surface area contributed by atoms with Crippen molar-refractivity contribution in [1.82, 2.24) is 0 Å². The number of pyridine rings is 1. The first-order chi connectivity index (χ1) is 17.7. The van der Waals surface area contributed by atoms with Crippen LogP contribution in [-0.2, 0) is 7.05 Å². The molecule has 170 valence electrons. The zero-order valence-corrected chi connectivity index (χ0v) is 24.6. The van der Waals surface area contributed by atoms with Crippen LogP contribution in [0.15, 0.2) is 95.5 Å². The molecule has 0 aliphatic carbocycles. The van der Waals surface area contributed by atoms with E-state index in [0.29, 0.717) is 6.71 Å². The number of hydrogen-bond acceptors (Lipinski definition) is 1. The van der Waals surface area contributed by atoms with Gasteiger partial charge in [0.25, 0.3) is 0 Å². The normalized spacial score (nSPS) is 13.6. The molecule has 0 N–H and O–H groups in total. The van der Waals surface area contributed by atoms with E-state index in [1.807, 2.05) is 0 Å². The zero-order chi connectivity index (χ0) is 24.0. The fourth-order valence-electron chi connectivity index (χ4n) is 5.93. The van der Waals surface area contributed by atoms with Crippen LogP contribution < -0.4 is 35.4 Å². The van der Waals surface area contributed by atoms with E-state index in [1.54, 1.807) is 16.3 Å². The molecular formula is C31H21BNOTe2+. The van der Waals surface area contributed by atoms with Gasteiger partial charge in [-0.1, -0.05) is 0 Å². The third-order valence-electron chi connectivity index (χ3n) is 7.60. The van der Waals surface area contributed by atoms with Crippen LogP contribution in [0.2, 0.25) is 0 Å². The summed E-state index contributed by atoms with van der Waals surface area (Å²) in [6.07, 6.45) is 2.11. The summed E-state index contributed by atoms with van der Waals surface area (Å²) >= 11 is -0.898. The van der Waals surface area contributed by atoms with Crippen LogP contribution in [0, 0.1) is 6.92 Å². The Labute approximate surface area is 230 Å². The molecule has 0 saturated heterocycles. The Morgan fingerprint density at radius 3 is 2.33 bits per heavy atom. The fourth-order valence-corrected chi connectivity index (χ4v) is 13.5. The predicted octanol–water partition coefficient (Wildman–Crippen LogP) is 0.839. The van der Waals surface area contributed by atoms with Crippen molar-refractivity contribution in [2.75, 3.05) is 0 Å². The average molecular weight is 690 g/mol. The molecule has 0 radical (unpaired) electrons. The number of hydrogen-bond donors (Lipinski definition) is 0. The molecule has 0 fully saturated rings. The maximum absolute atomic E-state index is 6.94. The molecule has 4 heterocycles. The van der Waals surface area contributed by atoms with Crippen molar-refractivity contribution in [2.45, 2.75) is 6.92 Å². The van der Waals surface area contributed by atoms with E-state index in [-0.39, 0.29) is 20.9 Å². The second kappa shape index (κ2) is 7.98. The van der Waals surface area contributed by atoms with Crippen molar-refractivity contribution in [2.24, 2.45) is 7.05 Å². The molecule has 0 amide bonds. The summed E-state index contributed by atoms with van der Waals surface area (Å²) in [4.78, 5) is 0. The molecule has 36 heavy (non-hydrogen) atoms. The van der Waals surface area contributed by atoms with Gasteiger partial charge in [-0.3, -0.25) is 0 Å². The molecular weight excluding hydrogens is 668 g/mol. The Morgan fingerprint density at radius 2 is 1.44 bits per heavy atom. The molecule has 0 saturated carbocycles. The van der Waals surface area contributed by atoms with Gasteiger partial charge in [-0.15, -0.1) is 0 Å². The number of fused-ring (bicyclic) bond motifs is 8. The van der Waals surface area contributed by atoms with E-state index in [2.05, 4.69) is 110 Å². The van der Waals surface area contributed by atoms with Gasteiger partial charge >= 0.3 is 232 Å². The molecule has 8 rings (SSSR count). The number of aryl methyl sites for hydroxylation is 2. The summed E-state index contributed by atoms with van der Waals surface area (Å²) in [5.74, 6) is 0. The molecule has 4 aromatic carbocycles. The standard InChI is InChI=1S/C31H21BNOTe2/c1-18-13-14-19-20-15-16-22-31(30(20)34-29(19)27(18)23-9-5-6-17-33(23)2)36-26-12-7-11-25-28(26)32(22)21-8-3-4-10-24(21)35-25/h3-17H,1-2H3/q+1. The van der Waals surface area contributed by atoms with Crippen LogP contribution in [0.4, 0.5) is 0 Å². The minimum atomic E-state index is -0.559. The molecule has 5 heteroatoms. The minimum absolute atomic E-state index is 0.339. The average Bonchev–Trinajstić information content (AvgIpc) is 3.28. The van der Waals surface area contributed by atoms with Crippen molar-refractivity contribution in [3.8, 4) is 11.3 Å². The van der Waals surface area contributed by atoms with Crippen LogP contribution in [0.25, 0.3) is 33.2 Å². The van der Waals surface area contributed by atoms with Gasteiger partial charge < -0.3 is 0 Å². The Hall–Kier alpha value is -2.53. The van der Waals surface area contributed by atoms with Gasteiger partial charge in [0.05, 0.1) is 0 Å². The van der Waals surface area contributed by atoms with Crippen LogP contribution in [-0.4, -0.2) is 48.6 Å². The molecule has 0 bridgehead atoms. The molecule has 2 aromatic heterocycles. The van der Waals surface area contributed by atoms with Crippen molar-refractivity contribution < 1.29 is 8.98 Å². The summed E-state index contributed by atoms with van der Waals surface area (Å²) in [6, 6.07) is 31.9. The van der Waals surface area contributed by atoms with Crippen molar-refractivity contribution >= 4 is 101 Å². The summed E-state index contributed by atoms with van der Waals surface area (Å²) < 4.78 is 15.5. The molecule has 2 aliphatic rings. The van der Waals surface area contributed by atoms with E-state index in [4.69, 9.17) is 4.42 Å². The maximum atomic E-state index is 6.94. The summed E-state index contributed by atoms with van der Waals surface area (Å²) in [6.45, 7) is 2.53. The molecule has 0 atom stereocenters. The summed E-state index contributed by atoms with van der Waals surface area (Å²) in [5.41, 5.74) is 10.4. The quantitative estimate of drug-likeness (QED) is 0.185. The molecule has 2 aliphatic heterocycles. The second-order valence-corrected chi connectivity index (χ2v) is 15.7. The van der Waals surface area contributed by atoms with Gasteiger partial charge in [-0.05, 0) is 0 Å². The molecule has 6 aromatic rings. The Morgan fingerprint density at radius 1 is 0.694 bits per heavy atom. The van der Waals surface area contributed by atoms with E-state index >= 15 is 0 Å². The number of benzene rings is 4. The van der Waals surface area contributed by atoms with Gasteiger partial charge in [0.15, 0.2) is 0 Å². The van der Waals surface area contributed by atoms with Crippen molar-refractivity contribution in [3.63, 3.8) is 0 Å². The van der Waals surface area contributed by atoms with E-state index < -0.39 is 20.9 Å². The van der Waals surface area contributed by atoms with Crippen LogP contribution >= 0.6 is 0 Å². The zero-order valence-electron chi connectivity index (χ0n) is 19.9. The SMILES string of the molecule is Cc1ccc2c(oc3c4c(ccc32)B2c3ccccc3[Te]c3cccc(c32)[Te]4)c1-c1cccc[n+]1C. The molecule has 0 unspecified atom stereocenters. The van der Waals surface area contributed by atoms with E-state index in [1.165, 1.54) is 42.1 Å². The van der Waals surface area contributed by atoms with Crippen LogP contribution in [0.1, 0.15) is 5.56 Å². The number of rotatable bonds is 1. The van der Waals surface area contributed by atoms with Gasteiger partial charge in [0, 0.05) is 0 Å². The molecule has 0 spiro atoms. The fraction of sp³-hybridized carbons (Fsp3) is 0.0645. The molecule has 2 nitrogen and oxygen atoms in total. The predicted molar refractivity (Wildman–Crippen MR) is 153 cm³/mol. The van der Waals surface area contributed by atoms with Gasteiger partial charge in [0.2, 0.25) is 0 Å². The number of furan rings is 1. The van der Waals surface area contributed by atoms with Crippen LogP contribution in [0.5, 0.6) is 0 Å². The summed E-state index contributed by atoms with van der Waals surface area (Å²) in [5, 5.41) is 2.48. The monoisotopic (exact) mass is 694 g/mol. The number of nitrogens with zero attached hydrogens (tertiary/aromatic N) is 1. The Balaban J connectivity index is 1.45. The van der Waals surface area contributed by atoms with E-state index in [9.17, 15) is 0 Å². The van der Waals surface area contributed by atoms with Crippen molar-refractivity contribution in [1.29, 1.82) is 0 Å². The van der Waals surface area contributed by atoms with Crippen molar-refractivity contribution in [3.05, 3.63) is 96.7 Å². The Kier molecular flexibility index (Phi) is 4.78. The van der Waals surface area contributed by atoms with Gasteiger partial charge in [0.1, 0.15) is 0 Å². The second-order valence-electron chi connectivity index (χ2n) is 9.64.